The molecule has 0 aliphatic heterocycles. The van der Waals surface area contributed by atoms with Crippen molar-refractivity contribution in [2.24, 2.45) is 0 Å². The van der Waals surface area contributed by atoms with Gasteiger partial charge in [0.1, 0.15) is 11.8 Å². The van der Waals surface area contributed by atoms with Crippen molar-refractivity contribution >= 4 is 5.78 Å². The molecule has 0 aliphatic carbocycles. The molecule has 0 radical (unpaired) electrons. The molecule has 1 atom stereocenters. The standard InChI is InChI=1S/C14H16N2O2/c1-10-8-9-16(15-10)11(2)14(17)12-4-6-13(18-3)7-5-12/h4-9,11H,1-3H3. The van der Waals surface area contributed by atoms with E-state index in [2.05, 4.69) is 5.10 Å². The summed E-state index contributed by atoms with van der Waals surface area (Å²) in [5.74, 6) is 0.787. The molecule has 18 heavy (non-hydrogen) atoms. The number of aryl methyl sites for hydroxylation is 1. The van der Waals surface area contributed by atoms with Crippen LogP contribution in [0.25, 0.3) is 0 Å². The van der Waals surface area contributed by atoms with Gasteiger partial charge in [0.15, 0.2) is 5.78 Å². The van der Waals surface area contributed by atoms with E-state index >= 15 is 0 Å². The number of carbonyl (C=O) groups is 1. The van der Waals surface area contributed by atoms with Crippen molar-refractivity contribution in [3.05, 3.63) is 47.8 Å². The molecule has 2 aromatic rings. The molecule has 0 N–H and O–H groups in total. The van der Waals surface area contributed by atoms with Crippen molar-refractivity contribution in [3.8, 4) is 5.75 Å². The van der Waals surface area contributed by atoms with Crippen molar-refractivity contribution in [1.82, 2.24) is 9.78 Å². The zero-order chi connectivity index (χ0) is 13.1. The first kappa shape index (κ1) is 12.4. The summed E-state index contributed by atoms with van der Waals surface area (Å²) in [5, 5.41) is 4.26. The first-order valence-corrected chi connectivity index (χ1v) is 5.82. The number of carbonyl (C=O) groups excluding carboxylic acids is 1. The minimum atomic E-state index is -0.299. The Balaban J connectivity index is 2.19. The third-order valence-corrected chi connectivity index (χ3v) is 2.89. The van der Waals surface area contributed by atoms with Gasteiger partial charge in [-0.05, 0) is 44.2 Å². The van der Waals surface area contributed by atoms with Crippen LogP contribution in [0, 0.1) is 6.92 Å². The summed E-state index contributed by atoms with van der Waals surface area (Å²) in [6, 6.07) is 8.70. The van der Waals surface area contributed by atoms with Crippen LogP contribution < -0.4 is 4.74 Å². The fourth-order valence-electron chi connectivity index (χ4n) is 1.77. The lowest BCUT2D eigenvalue weighted by Crippen LogP contribution is -2.17. The first-order chi connectivity index (χ1) is 8.61. The van der Waals surface area contributed by atoms with Gasteiger partial charge < -0.3 is 4.74 Å². The predicted molar refractivity (Wildman–Crippen MR) is 69.0 cm³/mol. The molecule has 0 saturated heterocycles. The van der Waals surface area contributed by atoms with Crippen LogP contribution in [-0.4, -0.2) is 22.7 Å². The second-order valence-electron chi connectivity index (χ2n) is 4.21. The van der Waals surface area contributed by atoms with Crippen LogP contribution in [0.15, 0.2) is 36.5 Å². The van der Waals surface area contributed by atoms with Gasteiger partial charge in [0.05, 0.1) is 12.8 Å². The highest BCUT2D eigenvalue weighted by molar-refractivity contribution is 5.98. The molecule has 0 saturated carbocycles. The molecule has 1 heterocycles. The highest BCUT2D eigenvalue weighted by Crippen LogP contribution is 2.17. The van der Waals surface area contributed by atoms with Gasteiger partial charge in [-0.3, -0.25) is 9.48 Å². The van der Waals surface area contributed by atoms with E-state index in [1.807, 2.05) is 26.1 Å². The van der Waals surface area contributed by atoms with Crippen LogP contribution >= 0.6 is 0 Å². The van der Waals surface area contributed by atoms with Crippen LogP contribution in [0.2, 0.25) is 0 Å². The van der Waals surface area contributed by atoms with E-state index in [0.29, 0.717) is 5.56 Å². The molecule has 4 heteroatoms. The van der Waals surface area contributed by atoms with E-state index < -0.39 is 0 Å². The molecule has 1 aromatic carbocycles. The minimum Gasteiger partial charge on any atom is -0.497 e. The molecule has 1 aromatic heterocycles. The topological polar surface area (TPSA) is 44.1 Å². The number of hydrogen-bond acceptors (Lipinski definition) is 3. The van der Waals surface area contributed by atoms with Gasteiger partial charge in [0, 0.05) is 11.8 Å². The first-order valence-electron chi connectivity index (χ1n) is 5.82. The molecule has 2 rings (SSSR count). The quantitative estimate of drug-likeness (QED) is 0.777. The summed E-state index contributed by atoms with van der Waals surface area (Å²) >= 11 is 0. The number of ketones is 1. The number of ether oxygens (including phenoxy) is 1. The van der Waals surface area contributed by atoms with Gasteiger partial charge in [-0.15, -0.1) is 0 Å². The van der Waals surface area contributed by atoms with E-state index in [9.17, 15) is 4.79 Å². The third kappa shape index (κ3) is 2.42. The lowest BCUT2D eigenvalue weighted by molar-refractivity contribution is 0.0928. The molecule has 0 bridgehead atoms. The number of rotatable bonds is 4. The molecule has 0 spiro atoms. The van der Waals surface area contributed by atoms with E-state index in [1.54, 1.807) is 36.1 Å². The highest BCUT2D eigenvalue weighted by atomic mass is 16.5. The van der Waals surface area contributed by atoms with Crippen LogP contribution in [0.3, 0.4) is 0 Å². The van der Waals surface area contributed by atoms with Gasteiger partial charge in [0.2, 0.25) is 0 Å². The Morgan fingerprint density at radius 2 is 1.94 bits per heavy atom. The summed E-state index contributed by atoms with van der Waals surface area (Å²) < 4.78 is 6.75. The number of hydrogen-bond donors (Lipinski definition) is 0. The van der Waals surface area contributed by atoms with Crippen molar-refractivity contribution in [2.75, 3.05) is 7.11 Å². The fraction of sp³-hybridized carbons (Fsp3) is 0.286. The maximum Gasteiger partial charge on any atom is 0.187 e. The lowest BCUT2D eigenvalue weighted by Gasteiger charge is -2.11. The average molecular weight is 244 g/mol. The second kappa shape index (κ2) is 5.04. The van der Waals surface area contributed by atoms with E-state index in [4.69, 9.17) is 4.74 Å². The van der Waals surface area contributed by atoms with Gasteiger partial charge in [0.25, 0.3) is 0 Å². The molecule has 1 unspecified atom stereocenters. The molecular formula is C14H16N2O2. The summed E-state index contributed by atoms with van der Waals surface area (Å²) in [7, 11) is 1.60. The minimum absolute atomic E-state index is 0.0424. The number of methoxy groups -OCH3 is 1. The van der Waals surface area contributed by atoms with Gasteiger partial charge in [-0.1, -0.05) is 0 Å². The van der Waals surface area contributed by atoms with Crippen LogP contribution in [0.1, 0.15) is 29.0 Å². The highest BCUT2D eigenvalue weighted by Gasteiger charge is 2.17. The number of nitrogens with zero attached hydrogens (tertiary/aromatic N) is 2. The zero-order valence-electron chi connectivity index (χ0n) is 10.8. The van der Waals surface area contributed by atoms with Gasteiger partial charge in [-0.2, -0.15) is 5.10 Å². The maximum absolute atomic E-state index is 12.3. The summed E-state index contributed by atoms with van der Waals surface area (Å²) in [6.07, 6.45) is 1.82. The third-order valence-electron chi connectivity index (χ3n) is 2.89. The average Bonchev–Trinajstić information content (AvgIpc) is 2.84. The Morgan fingerprint density at radius 3 is 2.44 bits per heavy atom. The lowest BCUT2D eigenvalue weighted by atomic mass is 10.1. The van der Waals surface area contributed by atoms with Crippen molar-refractivity contribution < 1.29 is 9.53 Å². The molecule has 0 amide bonds. The SMILES string of the molecule is COc1ccc(C(=O)C(C)n2ccc(C)n2)cc1. The van der Waals surface area contributed by atoms with Crippen LogP contribution in [0.5, 0.6) is 5.75 Å². The van der Waals surface area contributed by atoms with E-state index in [0.717, 1.165) is 11.4 Å². The number of aromatic nitrogens is 2. The number of Topliss-reactive ketones (excluding diaryl/α,β-unsaturated/α-hetero) is 1. The van der Waals surface area contributed by atoms with Crippen LogP contribution in [0.4, 0.5) is 0 Å². The Kier molecular flexibility index (Phi) is 3.46. The van der Waals surface area contributed by atoms with Crippen LogP contribution in [-0.2, 0) is 0 Å². The molecule has 0 aliphatic rings. The normalized spacial score (nSPS) is 12.2. The van der Waals surface area contributed by atoms with Crippen molar-refractivity contribution in [2.45, 2.75) is 19.9 Å². The molecule has 4 nitrogen and oxygen atoms in total. The molecule has 0 fully saturated rings. The Hall–Kier alpha value is -2.10. The zero-order valence-corrected chi connectivity index (χ0v) is 10.8. The molecule has 94 valence electrons. The maximum atomic E-state index is 12.3. The largest absolute Gasteiger partial charge is 0.497 e. The molecular weight excluding hydrogens is 228 g/mol. The Bertz CT molecular complexity index is 543. The summed E-state index contributed by atoms with van der Waals surface area (Å²) in [4.78, 5) is 12.3. The van der Waals surface area contributed by atoms with E-state index in [1.165, 1.54) is 0 Å². The number of benzene rings is 1. The summed E-state index contributed by atoms with van der Waals surface area (Å²) in [6.45, 7) is 3.75. The van der Waals surface area contributed by atoms with Crippen molar-refractivity contribution in [1.29, 1.82) is 0 Å². The van der Waals surface area contributed by atoms with Crippen molar-refractivity contribution in [3.63, 3.8) is 0 Å². The fourth-order valence-corrected chi connectivity index (χ4v) is 1.77. The second-order valence-corrected chi connectivity index (χ2v) is 4.21. The summed E-state index contributed by atoms with van der Waals surface area (Å²) in [5.41, 5.74) is 1.57. The monoisotopic (exact) mass is 244 g/mol. The predicted octanol–water partition coefficient (Wildman–Crippen LogP) is 2.64. The van der Waals surface area contributed by atoms with E-state index in [-0.39, 0.29) is 11.8 Å². The Labute approximate surface area is 106 Å². The smallest absolute Gasteiger partial charge is 0.187 e. The van der Waals surface area contributed by atoms with Gasteiger partial charge >= 0.3 is 0 Å². The van der Waals surface area contributed by atoms with Gasteiger partial charge in [-0.25, -0.2) is 0 Å². The Morgan fingerprint density at radius 1 is 1.28 bits per heavy atom.